The number of nitrogens with zero attached hydrogens (tertiary/aromatic N) is 1. The fourth-order valence-electron chi connectivity index (χ4n) is 2.11. The molecule has 1 fully saturated rings. The van der Waals surface area contributed by atoms with Crippen molar-refractivity contribution in [3.63, 3.8) is 0 Å². The SMILES string of the molecule is O=CN1CCCC(c2ccc(Br)cc2)C1. The van der Waals surface area contributed by atoms with E-state index in [4.69, 9.17) is 0 Å². The number of piperidine rings is 1. The van der Waals surface area contributed by atoms with E-state index in [1.165, 1.54) is 12.0 Å². The normalized spacial score (nSPS) is 21.4. The number of benzene rings is 1. The number of rotatable bonds is 2. The average Bonchev–Trinajstić information content (AvgIpc) is 2.30. The zero-order valence-corrected chi connectivity index (χ0v) is 10.1. The summed E-state index contributed by atoms with van der Waals surface area (Å²) in [5.41, 5.74) is 1.34. The molecule has 1 aliphatic heterocycles. The van der Waals surface area contributed by atoms with Crippen LogP contribution in [0.1, 0.15) is 24.3 Å². The highest BCUT2D eigenvalue weighted by Gasteiger charge is 2.19. The van der Waals surface area contributed by atoms with E-state index < -0.39 is 0 Å². The van der Waals surface area contributed by atoms with Crippen molar-refractivity contribution in [1.29, 1.82) is 0 Å². The van der Waals surface area contributed by atoms with Crippen LogP contribution in [0, 0.1) is 0 Å². The minimum Gasteiger partial charge on any atom is -0.345 e. The maximum absolute atomic E-state index is 10.7. The molecule has 1 atom stereocenters. The Labute approximate surface area is 98.4 Å². The van der Waals surface area contributed by atoms with E-state index in [1.54, 1.807) is 0 Å². The van der Waals surface area contributed by atoms with Gasteiger partial charge in [-0.25, -0.2) is 0 Å². The molecule has 1 aromatic carbocycles. The predicted molar refractivity (Wildman–Crippen MR) is 63.8 cm³/mol. The van der Waals surface area contributed by atoms with Gasteiger partial charge in [-0.15, -0.1) is 0 Å². The molecule has 1 heterocycles. The Bertz CT molecular complexity index is 336. The summed E-state index contributed by atoms with van der Waals surface area (Å²) in [6.07, 6.45) is 3.26. The van der Waals surface area contributed by atoms with E-state index in [1.807, 2.05) is 4.90 Å². The van der Waals surface area contributed by atoms with Crippen molar-refractivity contribution < 1.29 is 4.79 Å². The summed E-state index contributed by atoms with van der Waals surface area (Å²) in [4.78, 5) is 12.6. The van der Waals surface area contributed by atoms with Gasteiger partial charge in [-0.1, -0.05) is 28.1 Å². The molecule has 1 saturated heterocycles. The fourth-order valence-corrected chi connectivity index (χ4v) is 2.37. The molecular formula is C12H14BrNO. The topological polar surface area (TPSA) is 20.3 Å². The van der Waals surface area contributed by atoms with Gasteiger partial charge in [0.25, 0.3) is 0 Å². The second kappa shape index (κ2) is 4.79. The van der Waals surface area contributed by atoms with E-state index >= 15 is 0 Å². The number of hydrogen-bond acceptors (Lipinski definition) is 1. The summed E-state index contributed by atoms with van der Waals surface area (Å²) in [5, 5.41) is 0. The predicted octanol–water partition coefficient (Wildman–Crippen LogP) is 2.78. The van der Waals surface area contributed by atoms with Crippen LogP contribution in [0.25, 0.3) is 0 Å². The fraction of sp³-hybridized carbons (Fsp3) is 0.417. The van der Waals surface area contributed by atoms with E-state index in [-0.39, 0.29) is 0 Å². The second-order valence-corrected chi connectivity index (χ2v) is 4.91. The molecule has 3 heteroatoms. The van der Waals surface area contributed by atoms with Crippen LogP contribution in [0.15, 0.2) is 28.7 Å². The highest BCUT2D eigenvalue weighted by Crippen LogP contribution is 2.27. The Morgan fingerprint density at radius 2 is 2.07 bits per heavy atom. The molecule has 15 heavy (non-hydrogen) atoms. The third-order valence-corrected chi connectivity index (χ3v) is 3.47. The van der Waals surface area contributed by atoms with Crippen molar-refractivity contribution in [1.82, 2.24) is 4.90 Å². The lowest BCUT2D eigenvalue weighted by atomic mass is 9.91. The van der Waals surface area contributed by atoms with Crippen molar-refractivity contribution >= 4 is 22.3 Å². The van der Waals surface area contributed by atoms with E-state index in [0.29, 0.717) is 5.92 Å². The lowest BCUT2D eigenvalue weighted by Gasteiger charge is -2.30. The van der Waals surface area contributed by atoms with E-state index in [9.17, 15) is 4.79 Å². The van der Waals surface area contributed by atoms with Crippen LogP contribution in [-0.4, -0.2) is 24.4 Å². The molecule has 1 amide bonds. The largest absolute Gasteiger partial charge is 0.345 e. The lowest BCUT2D eigenvalue weighted by Crippen LogP contribution is -2.33. The Kier molecular flexibility index (Phi) is 3.41. The maximum atomic E-state index is 10.7. The molecular weight excluding hydrogens is 254 g/mol. The maximum Gasteiger partial charge on any atom is 0.209 e. The van der Waals surface area contributed by atoms with Crippen LogP contribution in [0.2, 0.25) is 0 Å². The molecule has 0 saturated carbocycles. The van der Waals surface area contributed by atoms with E-state index in [2.05, 4.69) is 40.2 Å². The highest BCUT2D eigenvalue weighted by atomic mass is 79.9. The molecule has 0 bridgehead atoms. The monoisotopic (exact) mass is 267 g/mol. The third kappa shape index (κ3) is 2.59. The molecule has 0 radical (unpaired) electrons. The molecule has 1 aromatic rings. The van der Waals surface area contributed by atoms with Gasteiger partial charge in [0.2, 0.25) is 6.41 Å². The number of amides is 1. The van der Waals surface area contributed by atoms with Gasteiger partial charge in [0, 0.05) is 23.5 Å². The standard InChI is InChI=1S/C12H14BrNO/c13-12-5-3-10(4-6-12)11-2-1-7-14(8-11)9-15/h3-6,9,11H,1-2,7-8H2. The molecule has 0 spiro atoms. The quantitative estimate of drug-likeness (QED) is 0.755. The Morgan fingerprint density at radius 1 is 1.33 bits per heavy atom. The minimum atomic E-state index is 0.511. The van der Waals surface area contributed by atoms with Crippen molar-refractivity contribution in [3.05, 3.63) is 34.3 Å². The Balaban J connectivity index is 2.09. The first-order chi connectivity index (χ1) is 7.29. The van der Waals surface area contributed by atoms with Gasteiger partial charge in [0.1, 0.15) is 0 Å². The van der Waals surface area contributed by atoms with Crippen LogP contribution in [0.3, 0.4) is 0 Å². The molecule has 0 aromatic heterocycles. The lowest BCUT2D eigenvalue weighted by molar-refractivity contribution is -0.119. The molecule has 80 valence electrons. The van der Waals surface area contributed by atoms with Gasteiger partial charge >= 0.3 is 0 Å². The molecule has 0 N–H and O–H groups in total. The van der Waals surface area contributed by atoms with Gasteiger partial charge in [-0.2, -0.15) is 0 Å². The van der Waals surface area contributed by atoms with Crippen LogP contribution in [-0.2, 0) is 4.79 Å². The summed E-state index contributed by atoms with van der Waals surface area (Å²) >= 11 is 3.43. The summed E-state index contributed by atoms with van der Waals surface area (Å²) in [6, 6.07) is 8.41. The molecule has 2 nitrogen and oxygen atoms in total. The first-order valence-corrected chi connectivity index (χ1v) is 6.03. The number of hydrogen-bond donors (Lipinski definition) is 0. The first-order valence-electron chi connectivity index (χ1n) is 5.24. The van der Waals surface area contributed by atoms with Crippen molar-refractivity contribution in [3.8, 4) is 0 Å². The average molecular weight is 268 g/mol. The molecule has 2 rings (SSSR count). The van der Waals surface area contributed by atoms with Crippen molar-refractivity contribution in [2.45, 2.75) is 18.8 Å². The minimum absolute atomic E-state index is 0.511. The number of likely N-dealkylation sites (tertiary alicyclic amines) is 1. The van der Waals surface area contributed by atoms with Gasteiger partial charge in [-0.05, 0) is 30.5 Å². The molecule has 1 aliphatic rings. The van der Waals surface area contributed by atoms with Crippen LogP contribution in [0.4, 0.5) is 0 Å². The number of halogens is 1. The molecule has 0 aliphatic carbocycles. The van der Waals surface area contributed by atoms with Gasteiger partial charge in [-0.3, -0.25) is 4.79 Å². The summed E-state index contributed by atoms with van der Waals surface area (Å²) in [7, 11) is 0. The summed E-state index contributed by atoms with van der Waals surface area (Å²) < 4.78 is 1.11. The smallest absolute Gasteiger partial charge is 0.209 e. The zero-order chi connectivity index (χ0) is 10.7. The number of carbonyl (C=O) groups excluding carboxylic acids is 1. The summed E-state index contributed by atoms with van der Waals surface area (Å²) in [6.45, 7) is 1.78. The molecule has 1 unspecified atom stereocenters. The van der Waals surface area contributed by atoms with Gasteiger partial charge in [0.05, 0.1) is 0 Å². The van der Waals surface area contributed by atoms with Crippen molar-refractivity contribution in [2.24, 2.45) is 0 Å². The van der Waals surface area contributed by atoms with E-state index in [0.717, 1.165) is 30.4 Å². The van der Waals surface area contributed by atoms with Crippen molar-refractivity contribution in [2.75, 3.05) is 13.1 Å². The van der Waals surface area contributed by atoms with Gasteiger partial charge < -0.3 is 4.90 Å². The highest BCUT2D eigenvalue weighted by molar-refractivity contribution is 9.10. The Hall–Kier alpha value is -0.830. The third-order valence-electron chi connectivity index (χ3n) is 2.94. The van der Waals surface area contributed by atoms with Gasteiger partial charge in [0.15, 0.2) is 0 Å². The summed E-state index contributed by atoms with van der Waals surface area (Å²) in [5.74, 6) is 0.511. The van der Waals surface area contributed by atoms with Crippen LogP contribution >= 0.6 is 15.9 Å². The second-order valence-electron chi connectivity index (χ2n) is 3.99. The Morgan fingerprint density at radius 3 is 2.73 bits per heavy atom. The number of carbonyl (C=O) groups is 1. The first kappa shape index (κ1) is 10.7. The van der Waals surface area contributed by atoms with Crippen LogP contribution < -0.4 is 0 Å². The zero-order valence-electron chi connectivity index (χ0n) is 8.53. The van der Waals surface area contributed by atoms with Crippen LogP contribution in [0.5, 0.6) is 0 Å².